The maximum atomic E-state index is 11.8. The number of carbonyl (C=O) groups excluding carboxylic acids is 1. The van der Waals surface area contributed by atoms with Gasteiger partial charge in [-0.1, -0.05) is 54.6 Å². The molecule has 0 aliphatic rings. The van der Waals surface area contributed by atoms with Crippen LogP contribution in [0.25, 0.3) is 53.3 Å². The molecule has 7 heteroatoms. The smallest absolute Gasteiger partial charge is 0.309 e. The van der Waals surface area contributed by atoms with Crippen LogP contribution < -0.4 is 4.74 Å². The lowest BCUT2D eigenvalue weighted by Gasteiger charge is -2.12. The van der Waals surface area contributed by atoms with E-state index in [0.29, 0.717) is 15.4 Å². The first-order valence-corrected chi connectivity index (χ1v) is 11.4. The van der Waals surface area contributed by atoms with Crippen LogP contribution in [0.4, 0.5) is 5.69 Å². The largest absolute Gasteiger partial charge is 0.406 e. The molecule has 1 aromatic heterocycles. The van der Waals surface area contributed by atoms with Gasteiger partial charge in [-0.15, -0.1) is 11.3 Å². The zero-order valence-corrected chi connectivity index (χ0v) is 18.8. The Morgan fingerprint density at radius 3 is 2.21 bits per heavy atom. The lowest BCUT2D eigenvalue weighted by atomic mass is 9.92. The Bertz CT molecular complexity index is 1720. The van der Waals surface area contributed by atoms with Gasteiger partial charge in [-0.2, -0.15) is 0 Å². The van der Waals surface area contributed by atoms with Gasteiger partial charge in [0.15, 0.2) is 0 Å². The van der Waals surface area contributed by atoms with Crippen molar-refractivity contribution in [2.45, 2.75) is 6.92 Å². The van der Waals surface area contributed by atoms with Crippen molar-refractivity contribution in [2.24, 2.45) is 0 Å². The zero-order chi connectivity index (χ0) is 23.4. The molecule has 0 aliphatic heterocycles. The lowest BCUT2D eigenvalue weighted by Crippen LogP contribution is -2.02. The Labute approximate surface area is 197 Å². The monoisotopic (exact) mass is 464 g/mol. The molecule has 1 heterocycles. The van der Waals surface area contributed by atoms with E-state index >= 15 is 0 Å². The van der Waals surface area contributed by atoms with E-state index in [1.54, 1.807) is 12.1 Å². The summed E-state index contributed by atoms with van der Waals surface area (Å²) in [5, 5.41) is 18.7. The summed E-state index contributed by atoms with van der Waals surface area (Å²) in [5.41, 5.74) is 1.63. The molecule has 0 N–H and O–H groups in total. The molecule has 0 atom stereocenters. The third kappa shape index (κ3) is 3.17. The zero-order valence-electron chi connectivity index (χ0n) is 17.9. The first-order valence-electron chi connectivity index (χ1n) is 10.6. The number of rotatable bonds is 4. The number of hydrogen-bond acceptors (Lipinski definition) is 6. The molecule has 0 amide bonds. The van der Waals surface area contributed by atoms with Gasteiger partial charge in [0.25, 0.3) is 5.69 Å². The number of thiazole rings is 1. The highest BCUT2D eigenvalue weighted by molar-refractivity contribution is 7.18. The van der Waals surface area contributed by atoms with E-state index in [2.05, 4.69) is 53.5 Å². The quantitative estimate of drug-likeness (QED) is 0.119. The van der Waals surface area contributed by atoms with E-state index in [4.69, 9.17) is 4.74 Å². The first-order chi connectivity index (χ1) is 16.5. The molecule has 0 spiro atoms. The molecule has 0 aliphatic carbocycles. The van der Waals surface area contributed by atoms with E-state index in [1.807, 2.05) is 6.07 Å². The number of aromatic nitrogens is 1. The van der Waals surface area contributed by atoms with E-state index in [1.165, 1.54) is 51.9 Å². The molecule has 0 bridgehead atoms. The minimum atomic E-state index is -0.476. The fraction of sp³-hybridized carbons (Fsp3) is 0.0370. The van der Waals surface area contributed by atoms with Gasteiger partial charge in [0, 0.05) is 24.6 Å². The molecule has 0 fully saturated rings. The van der Waals surface area contributed by atoms with Gasteiger partial charge >= 0.3 is 5.97 Å². The van der Waals surface area contributed by atoms with Gasteiger partial charge in [0.05, 0.1) is 9.80 Å². The highest BCUT2D eigenvalue weighted by Crippen LogP contribution is 2.44. The number of ether oxygens (including phenoxy) is 1. The summed E-state index contributed by atoms with van der Waals surface area (Å²) in [4.78, 5) is 27.7. The standard InChI is InChI=1S/C27H16N2O4S/c1-15(30)33-26-25(19-7-11-20(12-8-19)29(31)32)34-27(28-26)22-14-10-18-6-5-16-3-2-4-17-9-13-21(22)24(18)23(16)17/h2-14H,1H3. The number of nitrogens with zero attached hydrogens (tertiary/aromatic N) is 2. The van der Waals surface area contributed by atoms with Crippen LogP contribution in [-0.4, -0.2) is 15.9 Å². The molecule has 0 saturated carbocycles. The number of benzene rings is 5. The van der Waals surface area contributed by atoms with Crippen LogP contribution in [0.3, 0.4) is 0 Å². The van der Waals surface area contributed by atoms with Crippen molar-refractivity contribution in [2.75, 3.05) is 0 Å². The van der Waals surface area contributed by atoms with E-state index in [-0.39, 0.29) is 11.6 Å². The average molecular weight is 465 g/mol. The predicted octanol–water partition coefficient (Wildman–Crippen LogP) is 7.21. The first kappa shape index (κ1) is 20.3. The van der Waals surface area contributed by atoms with Crippen LogP contribution in [0.5, 0.6) is 5.88 Å². The number of nitro benzene ring substituents is 1. The Kier molecular flexibility index (Phi) is 4.53. The molecule has 6 aromatic rings. The third-order valence-corrected chi connectivity index (χ3v) is 7.05. The van der Waals surface area contributed by atoms with Gasteiger partial charge in [0.1, 0.15) is 5.01 Å². The van der Waals surface area contributed by atoms with Crippen LogP contribution >= 0.6 is 11.3 Å². The molecule has 6 rings (SSSR count). The number of carbonyl (C=O) groups is 1. The summed E-state index contributed by atoms with van der Waals surface area (Å²) in [7, 11) is 0. The summed E-state index contributed by atoms with van der Waals surface area (Å²) in [5.74, 6) is -0.276. The molecule has 6 nitrogen and oxygen atoms in total. The molecule has 5 aromatic carbocycles. The molecule has 0 radical (unpaired) electrons. The molecular weight excluding hydrogens is 448 g/mol. The van der Waals surface area contributed by atoms with Crippen LogP contribution in [0, 0.1) is 10.1 Å². The second kappa shape index (κ2) is 7.60. The Balaban J connectivity index is 1.57. The minimum Gasteiger partial charge on any atom is -0.406 e. The fourth-order valence-electron chi connectivity index (χ4n) is 4.47. The molecular formula is C27H16N2O4S. The Morgan fingerprint density at radius 2 is 1.53 bits per heavy atom. The maximum Gasteiger partial charge on any atom is 0.309 e. The summed E-state index contributed by atoms with van der Waals surface area (Å²) >= 11 is 1.39. The number of hydrogen-bond donors (Lipinski definition) is 0. The normalized spacial score (nSPS) is 11.4. The van der Waals surface area contributed by atoms with Gasteiger partial charge < -0.3 is 4.74 Å². The third-order valence-electron chi connectivity index (χ3n) is 5.94. The number of non-ortho nitro benzene ring substituents is 1. The molecule has 0 unspecified atom stereocenters. The van der Waals surface area contributed by atoms with Crippen LogP contribution in [0.15, 0.2) is 78.9 Å². The van der Waals surface area contributed by atoms with Crippen molar-refractivity contribution in [1.29, 1.82) is 0 Å². The topological polar surface area (TPSA) is 82.3 Å². The van der Waals surface area contributed by atoms with Gasteiger partial charge in [-0.3, -0.25) is 14.9 Å². The molecule has 34 heavy (non-hydrogen) atoms. The van der Waals surface area contributed by atoms with Crippen molar-refractivity contribution in [1.82, 2.24) is 4.98 Å². The van der Waals surface area contributed by atoms with Crippen LogP contribution in [0.1, 0.15) is 6.92 Å². The highest BCUT2D eigenvalue weighted by atomic mass is 32.1. The van der Waals surface area contributed by atoms with E-state index in [0.717, 1.165) is 16.3 Å². The van der Waals surface area contributed by atoms with Crippen molar-refractivity contribution in [3.8, 4) is 26.9 Å². The van der Waals surface area contributed by atoms with Crippen molar-refractivity contribution >= 4 is 55.3 Å². The van der Waals surface area contributed by atoms with Crippen molar-refractivity contribution in [3.63, 3.8) is 0 Å². The predicted molar refractivity (Wildman–Crippen MR) is 135 cm³/mol. The molecule has 164 valence electrons. The number of nitro groups is 1. The summed E-state index contributed by atoms with van der Waals surface area (Å²) in [6.07, 6.45) is 0. The Hall–Kier alpha value is -4.36. The molecule has 0 saturated heterocycles. The average Bonchev–Trinajstić information content (AvgIpc) is 3.25. The fourth-order valence-corrected chi connectivity index (χ4v) is 5.50. The second-order valence-corrected chi connectivity index (χ2v) is 9.02. The van der Waals surface area contributed by atoms with Crippen molar-refractivity contribution < 1.29 is 14.5 Å². The lowest BCUT2D eigenvalue weighted by molar-refractivity contribution is -0.384. The van der Waals surface area contributed by atoms with E-state index in [9.17, 15) is 14.9 Å². The minimum absolute atomic E-state index is 0.00528. The SMILES string of the molecule is CC(=O)Oc1nc(-c2ccc3ccc4cccc5ccc2c3c45)sc1-c1ccc([N+](=O)[O-])cc1. The number of esters is 1. The second-order valence-electron chi connectivity index (χ2n) is 8.02. The van der Waals surface area contributed by atoms with E-state index < -0.39 is 10.9 Å². The summed E-state index contributed by atoms with van der Waals surface area (Å²) in [6, 6.07) is 25.1. The Morgan fingerprint density at radius 1 is 0.882 bits per heavy atom. The van der Waals surface area contributed by atoms with Crippen molar-refractivity contribution in [3.05, 3.63) is 89.0 Å². The summed E-state index contributed by atoms with van der Waals surface area (Å²) in [6.45, 7) is 1.33. The summed E-state index contributed by atoms with van der Waals surface area (Å²) < 4.78 is 5.43. The van der Waals surface area contributed by atoms with Crippen LogP contribution in [-0.2, 0) is 4.79 Å². The van der Waals surface area contributed by atoms with Gasteiger partial charge in [0.2, 0.25) is 5.88 Å². The highest BCUT2D eigenvalue weighted by Gasteiger charge is 2.20. The van der Waals surface area contributed by atoms with Gasteiger partial charge in [-0.05, 0) is 50.0 Å². The van der Waals surface area contributed by atoms with Crippen LogP contribution in [0.2, 0.25) is 0 Å². The maximum absolute atomic E-state index is 11.8. The van der Waals surface area contributed by atoms with Gasteiger partial charge in [-0.25, -0.2) is 4.98 Å².